The molecule has 8 nitrogen and oxygen atoms in total. The van der Waals surface area contributed by atoms with E-state index >= 15 is 0 Å². The molecule has 2 aliphatic heterocycles. The number of hydrogen-bond donors (Lipinski definition) is 2. The first kappa shape index (κ1) is 15.4. The van der Waals surface area contributed by atoms with Crippen LogP contribution in [0.5, 0.6) is 0 Å². The fourth-order valence-corrected chi connectivity index (χ4v) is 6.16. The minimum absolute atomic E-state index is 0.241. The second-order valence-electron chi connectivity index (χ2n) is 5.87. The van der Waals surface area contributed by atoms with Crippen LogP contribution in [0.25, 0.3) is 0 Å². The third-order valence-electron chi connectivity index (χ3n) is 4.39. The summed E-state index contributed by atoms with van der Waals surface area (Å²) in [6, 6.07) is -1.45. The van der Waals surface area contributed by atoms with Gasteiger partial charge in [0.2, 0.25) is 5.91 Å². The molecule has 1 aromatic rings. The maximum Gasteiger partial charge on any atom is 0.328 e. The standard InChI is InChI=1S/C12H14N2O6S2/c1-12(2)7(11(17)18)14-9(16)5(10(14)22(12,19)20)6(15)8-13-3-4-21-8/h3-7,10,15H,1-2H3,(H,17,18)/t5-,6?,7+,10-/m1/s1. The number of carboxylic acid groups (broad SMARTS) is 1. The van der Waals surface area contributed by atoms with Crippen molar-refractivity contribution in [1.82, 2.24) is 9.88 Å². The first-order chi connectivity index (χ1) is 10.1. The number of thiazole rings is 1. The summed E-state index contributed by atoms with van der Waals surface area (Å²) in [5.74, 6) is -3.25. The fourth-order valence-electron chi connectivity index (χ4n) is 3.17. The zero-order valence-corrected chi connectivity index (χ0v) is 13.3. The summed E-state index contributed by atoms with van der Waals surface area (Å²) in [7, 11) is -3.94. The third kappa shape index (κ3) is 1.65. The third-order valence-corrected chi connectivity index (χ3v) is 8.08. The molecule has 2 N–H and O–H groups in total. The van der Waals surface area contributed by atoms with Crippen molar-refractivity contribution in [2.75, 3.05) is 0 Å². The van der Waals surface area contributed by atoms with Crippen molar-refractivity contribution in [3.63, 3.8) is 0 Å². The molecule has 120 valence electrons. The van der Waals surface area contributed by atoms with Gasteiger partial charge in [0.15, 0.2) is 9.84 Å². The summed E-state index contributed by atoms with van der Waals surface area (Å²) in [5, 5.41) is 20.1. The van der Waals surface area contributed by atoms with Crippen molar-refractivity contribution in [2.24, 2.45) is 5.92 Å². The highest BCUT2D eigenvalue weighted by atomic mass is 32.2. The van der Waals surface area contributed by atoms with E-state index in [1.165, 1.54) is 20.0 Å². The normalized spacial score (nSPS) is 33.1. The highest BCUT2D eigenvalue weighted by Crippen LogP contribution is 2.52. The van der Waals surface area contributed by atoms with Gasteiger partial charge in [0, 0.05) is 11.6 Å². The molecule has 2 aliphatic rings. The molecule has 0 aromatic carbocycles. The van der Waals surface area contributed by atoms with Crippen LogP contribution in [0.4, 0.5) is 0 Å². The summed E-state index contributed by atoms with van der Waals surface area (Å²) in [5.41, 5.74) is 0. The van der Waals surface area contributed by atoms with Crippen LogP contribution in [0.3, 0.4) is 0 Å². The summed E-state index contributed by atoms with van der Waals surface area (Å²) >= 11 is 1.11. The molecule has 10 heteroatoms. The average Bonchev–Trinajstić information content (AvgIpc) is 2.97. The number of sulfone groups is 1. The van der Waals surface area contributed by atoms with E-state index in [1.807, 2.05) is 0 Å². The van der Waals surface area contributed by atoms with E-state index in [4.69, 9.17) is 0 Å². The van der Waals surface area contributed by atoms with Crippen LogP contribution < -0.4 is 0 Å². The van der Waals surface area contributed by atoms with Crippen molar-refractivity contribution >= 4 is 33.1 Å². The predicted molar refractivity (Wildman–Crippen MR) is 75.6 cm³/mol. The number of rotatable bonds is 3. The molecule has 0 bridgehead atoms. The fraction of sp³-hybridized carbons (Fsp3) is 0.583. The molecule has 1 amide bonds. The number of aliphatic carboxylic acids is 1. The lowest BCUT2D eigenvalue weighted by Gasteiger charge is -2.44. The Balaban J connectivity index is 2.04. The van der Waals surface area contributed by atoms with E-state index in [0.29, 0.717) is 0 Å². The first-order valence-corrected chi connectivity index (χ1v) is 8.91. The number of aliphatic hydroxyl groups is 1. The number of nitrogens with zero attached hydrogens (tertiary/aromatic N) is 2. The number of amides is 1. The molecule has 0 saturated carbocycles. The van der Waals surface area contributed by atoms with E-state index in [0.717, 1.165) is 16.2 Å². The smallest absolute Gasteiger partial charge is 0.328 e. The van der Waals surface area contributed by atoms with Gasteiger partial charge in [0.05, 0.1) is 4.75 Å². The van der Waals surface area contributed by atoms with Crippen LogP contribution in [-0.4, -0.2) is 56.6 Å². The zero-order chi connectivity index (χ0) is 16.4. The van der Waals surface area contributed by atoms with Gasteiger partial charge in [-0.25, -0.2) is 18.2 Å². The number of β-lactam (4-membered cyclic amide) rings is 1. The van der Waals surface area contributed by atoms with Crippen molar-refractivity contribution in [3.05, 3.63) is 16.6 Å². The number of aliphatic hydroxyl groups excluding tert-OH is 1. The molecule has 1 aromatic heterocycles. The predicted octanol–water partition coefficient (Wildman–Crippen LogP) is -0.379. The summed E-state index contributed by atoms with van der Waals surface area (Å²) in [4.78, 5) is 28.5. The second-order valence-corrected chi connectivity index (χ2v) is 9.42. The molecular formula is C12H14N2O6S2. The van der Waals surface area contributed by atoms with Gasteiger partial charge < -0.3 is 15.1 Å². The topological polar surface area (TPSA) is 125 Å². The first-order valence-electron chi connectivity index (χ1n) is 6.48. The van der Waals surface area contributed by atoms with Crippen LogP contribution in [0.2, 0.25) is 0 Å². The van der Waals surface area contributed by atoms with Gasteiger partial charge in [0.25, 0.3) is 0 Å². The monoisotopic (exact) mass is 346 g/mol. The van der Waals surface area contributed by atoms with Gasteiger partial charge in [-0.15, -0.1) is 11.3 Å². The van der Waals surface area contributed by atoms with Gasteiger partial charge in [-0.1, -0.05) is 0 Å². The van der Waals surface area contributed by atoms with Crippen LogP contribution in [-0.2, 0) is 19.4 Å². The minimum Gasteiger partial charge on any atom is -0.480 e. The minimum atomic E-state index is -3.94. The van der Waals surface area contributed by atoms with Crippen LogP contribution in [0.1, 0.15) is 25.0 Å². The Morgan fingerprint density at radius 1 is 1.50 bits per heavy atom. The Morgan fingerprint density at radius 2 is 2.14 bits per heavy atom. The maximum absolute atomic E-state index is 12.6. The van der Waals surface area contributed by atoms with Crippen molar-refractivity contribution in [2.45, 2.75) is 36.1 Å². The number of carbonyl (C=O) groups excluding carboxylic acids is 1. The van der Waals surface area contributed by atoms with Crippen molar-refractivity contribution < 1.29 is 28.2 Å². The molecule has 0 radical (unpaired) electrons. The summed E-state index contributed by atoms with van der Waals surface area (Å²) in [6.45, 7) is 2.58. The van der Waals surface area contributed by atoms with E-state index in [9.17, 15) is 28.2 Å². The Bertz CT molecular complexity index is 742. The van der Waals surface area contributed by atoms with Crippen molar-refractivity contribution in [1.29, 1.82) is 0 Å². The lowest BCUT2D eigenvalue weighted by Crippen LogP contribution is -2.64. The molecule has 0 aliphatic carbocycles. The Morgan fingerprint density at radius 3 is 2.64 bits per heavy atom. The molecule has 22 heavy (non-hydrogen) atoms. The zero-order valence-electron chi connectivity index (χ0n) is 11.7. The van der Waals surface area contributed by atoms with E-state index < -0.39 is 49.9 Å². The molecule has 4 atom stereocenters. The van der Waals surface area contributed by atoms with Gasteiger partial charge in [-0.3, -0.25) is 4.79 Å². The van der Waals surface area contributed by atoms with Gasteiger partial charge in [0.1, 0.15) is 28.4 Å². The summed E-state index contributed by atoms with van der Waals surface area (Å²) < 4.78 is 23.7. The molecule has 3 rings (SSSR count). The van der Waals surface area contributed by atoms with Crippen LogP contribution in [0.15, 0.2) is 11.6 Å². The summed E-state index contributed by atoms with van der Waals surface area (Å²) in [6.07, 6.45) is 0.0870. The number of fused-ring (bicyclic) bond motifs is 1. The Kier molecular flexibility index (Phi) is 3.14. The molecule has 3 heterocycles. The van der Waals surface area contributed by atoms with Gasteiger partial charge in [-0.2, -0.15) is 0 Å². The Hall–Kier alpha value is -1.52. The number of carboxylic acids is 1. The van der Waals surface area contributed by atoms with Gasteiger partial charge >= 0.3 is 5.97 Å². The number of aromatic nitrogens is 1. The van der Waals surface area contributed by atoms with Crippen LogP contribution in [0, 0.1) is 5.92 Å². The van der Waals surface area contributed by atoms with E-state index in [2.05, 4.69) is 4.98 Å². The molecule has 2 saturated heterocycles. The second kappa shape index (κ2) is 4.49. The number of hydrogen-bond acceptors (Lipinski definition) is 7. The molecular weight excluding hydrogens is 332 g/mol. The number of carbonyl (C=O) groups is 2. The molecule has 1 unspecified atom stereocenters. The SMILES string of the molecule is CC1(C)[C@H](C(=O)O)N2C(=O)[C@@H](C(O)c3nccs3)[C@H]2S1(=O)=O. The van der Waals surface area contributed by atoms with E-state index in [1.54, 1.807) is 5.38 Å². The average molecular weight is 346 g/mol. The maximum atomic E-state index is 12.6. The van der Waals surface area contributed by atoms with E-state index in [-0.39, 0.29) is 5.01 Å². The Labute approximate surface area is 130 Å². The quantitative estimate of drug-likeness (QED) is 0.715. The van der Waals surface area contributed by atoms with Crippen LogP contribution >= 0.6 is 11.3 Å². The highest BCUT2D eigenvalue weighted by molar-refractivity contribution is 7.93. The van der Waals surface area contributed by atoms with Crippen molar-refractivity contribution in [3.8, 4) is 0 Å². The lowest BCUT2D eigenvalue weighted by atomic mass is 9.88. The largest absolute Gasteiger partial charge is 0.480 e. The lowest BCUT2D eigenvalue weighted by molar-refractivity contribution is -0.169. The van der Waals surface area contributed by atoms with Gasteiger partial charge in [-0.05, 0) is 13.8 Å². The molecule has 2 fully saturated rings. The highest BCUT2D eigenvalue weighted by Gasteiger charge is 2.73. The molecule has 0 spiro atoms.